The van der Waals surface area contributed by atoms with Crippen molar-refractivity contribution in [2.45, 2.75) is 118 Å². The van der Waals surface area contributed by atoms with Gasteiger partial charge in [-0.2, -0.15) is 5.10 Å². The summed E-state index contributed by atoms with van der Waals surface area (Å²) in [7, 11) is 1.67. The minimum atomic E-state index is -1.07. The van der Waals surface area contributed by atoms with E-state index in [0.29, 0.717) is 12.1 Å². The molecular weight excluding hydrogens is 576 g/mol. The van der Waals surface area contributed by atoms with Crippen LogP contribution >= 0.6 is 0 Å². The van der Waals surface area contributed by atoms with Gasteiger partial charge in [-0.05, 0) is 54.7 Å². The van der Waals surface area contributed by atoms with Gasteiger partial charge in [0.25, 0.3) is 5.91 Å². The number of likely N-dealkylation sites (tertiary alicyclic amines) is 1. The summed E-state index contributed by atoms with van der Waals surface area (Å²) in [5.41, 5.74) is 3.43. The maximum atomic E-state index is 14.9. The molecule has 2 aromatic carbocycles. The highest BCUT2D eigenvalue weighted by Gasteiger charge is 2.58. The van der Waals surface area contributed by atoms with E-state index in [1.807, 2.05) is 54.9 Å². The molecule has 1 aromatic heterocycles. The molecule has 2 N–H and O–H groups in total. The molecule has 1 aliphatic heterocycles. The van der Waals surface area contributed by atoms with Crippen LogP contribution in [0.4, 0.5) is 0 Å². The summed E-state index contributed by atoms with van der Waals surface area (Å²) in [5, 5.41) is 19.4. The van der Waals surface area contributed by atoms with Gasteiger partial charge in [0.15, 0.2) is 0 Å². The van der Waals surface area contributed by atoms with E-state index < -0.39 is 29.4 Å². The second-order valence-corrected chi connectivity index (χ2v) is 16.1. The number of methoxy groups -OCH3 is 1. The molecule has 1 amide bonds. The maximum absolute atomic E-state index is 14.9. The van der Waals surface area contributed by atoms with Crippen molar-refractivity contribution in [1.29, 1.82) is 0 Å². The van der Waals surface area contributed by atoms with Gasteiger partial charge in [-0.3, -0.25) is 9.48 Å². The summed E-state index contributed by atoms with van der Waals surface area (Å²) in [4.78, 5) is 29.9. The zero-order valence-corrected chi connectivity index (χ0v) is 29.8. The number of rotatable bonds is 8. The van der Waals surface area contributed by atoms with Gasteiger partial charge in [0.1, 0.15) is 11.8 Å². The second kappa shape index (κ2) is 12.9. The minimum Gasteiger partial charge on any atom is -0.496 e. The van der Waals surface area contributed by atoms with Crippen molar-refractivity contribution < 1.29 is 19.4 Å². The molecule has 0 bridgehead atoms. The number of ether oxygens (including phenoxy) is 1. The van der Waals surface area contributed by atoms with Crippen LogP contribution in [0.5, 0.6) is 5.75 Å². The number of carbonyl (C=O) groups is 2. The molecule has 1 fully saturated rings. The molecule has 1 saturated heterocycles. The van der Waals surface area contributed by atoms with Crippen LogP contribution in [-0.2, 0) is 22.3 Å². The van der Waals surface area contributed by atoms with Crippen molar-refractivity contribution >= 4 is 11.9 Å². The van der Waals surface area contributed by atoms with Crippen molar-refractivity contribution in [3.05, 3.63) is 82.7 Å². The molecule has 0 unspecified atom stereocenters. The van der Waals surface area contributed by atoms with E-state index in [1.165, 1.54) is 5.56 Å². The normalized spacial score (nSPS) is 20.8. The Labute approximate surface area is 275 Å². The number of aromatic nitrogens is 2. The topological polar surface area (TPSA) is 96.7 Å². The van der Waals surface area contributed by atoms with Crippen molar-refractivity contribution in [3.63, 3.8) is 0 Å². The lowest BCUT2D eigenvalue weighted by Crippen LogP contribution is -2.48. The fourth-order valence-corrected chi connectivity index (χ4v) is 7.07. The predicted octanol–water partition coefficient (Wildman–Crippen LogP) is 7.54. The van der Waals surface area contributed by atoms with Crippen molar-refractivity contribution in [2.24, 2.45) is 11.3 Å². The van der Waals surface area contributed by atoms with Crippen molar-refractivity contribution in [1.82, 2.24) is 20.0 Å². The van der Waals surface area contributed by atoms with E-state index in [1.54, 1.807) is 18.2 Å². The largest absolute Gasteiger partial charge is 0.496 e. The number of carboxylic acids is 1. The lowest BCUT2D eigenvalue weighted by Gasteiger charge is -2.35. The Bertz CT molecular complexity index is 1540. The molecule has 1 aliphatic rings. The lowest BCUT2D eigenvalue weighted by molar-refractivity contribution is -0.144. The number of aliphatic carboxylic acids is 1. The Morgan fingerprint density at radius 3 is 2.11 bits per heavy atom. The van der Waals surface area contributed by atoms with Crippen LogP contribution in [0.3, 0.4) is 0 Å². The molecule has 8 heteroatoms. The summed E-state index contributed by atoms with van der Waals surface area (Å²) in [6, 6.07) is 14.1. The van der Waals surface area contributed by atoms with Crippen molar-refractivity contribution in [2.75, 3.05) is 7.11 Å². The molecule has 8 nitrogen and oxygen atoms in total. The number of carboxylic acid groups (broad SMARTS) is 1. The molecule has 0 radical (unpaired) electrons. The Balaban J connectivity index is 1.91. The first-order chi connectivity index (χ1) is 21.3. The first-order valence-electron chi connectivity index (χ1n) is 16.4. The quantitative estimate of drug-likeness (QED) is 0.267. The van der Waals surface area contributed by atoms with Gasteiger partial charge in [-0.25, -0.2) is 4.79 Å². The Hall–Kier alpha value is -3.65. The summed E-state index contributed by atoms with van der Waals surface area (Å²) in [6.45, 7) is 23.4. The molecule has 4 atom stereocenters. The summed E-state index contributed by atoms with van der Waals surface area (Å²) < 4.78 is 7.67. The molecule has 250 valence electrons. The molecule has 3 aromatic rings. The maximum Gasteiger partial charge on any atom is 0.326 e. The molecule has 4 rings (SSSR count). The molecule has 46 heavy (non-hydrogen) atoms. The van der Waals surface area contributed by atoms with Crippen LogP contribution in [0.15, 0.2) is 54.7 Å². The molecule has 0 spiro atoms. The van der Waals surface area contributed by atoms with E-state index in [4.69, 9.17) is 4.74 Å². The number of nitrogens with zero attached hydrogens (tertiary/aromatic N) is 3. The standard InChI is InChI=1S/C38H54N4O4/c1-23(2)31-27(22-40-42(31)38(9,10)11)34(43)41-32(24-16-14-13-15-17-24)30(29(37(6,7)8)33(41)35(44)45)39-21-25-20-26(36(3,4)5)18-19-28(25)46-12/h13-20,22-23,29-30,32-33,39H,21H2,1-12H3,(H,44,45)/t29-,30-,32-,33-/m0/s1. The van der Waals surface area contributed by atoms with E-state index in [-0.39, 0.29) is 28.8 Å². The highest BCUT2D eigenvalue weighted by atomic mass is 16.5. The monoisotopic (exact) mass is 630 g/mol. The fraction of sp³-hybridized carbons (Fsp3) is 0.553. The third kappa shape index (κ3) is 6.87. The first-order valence-corrected chi connectivity index (χ1v) is 16.4. The third-order valence-corrected chi connectivity index (χ3v) is 9.19. The van der Waals surface area contributed by atoms with E-state index in [9.17, 15) is 14.7 Å². The van der Waals surface area contributed by atoms with Gasteiger partial charge in [0, 0.05) is 24.1 Å². The molecule has 2 heterocycles. The summed E-state index contributed by atoms with van der Waals surface area (Å²) in [6.07, 6.45) is 1.62. The zero-order chi connectivity index (χ0) is 34.4. The van der Waals surface area contributed by atoms with Gasteiger partial charge in [0.05, 0.1) is 36.1 Å². The number of nitrogens with one attached hydrogen (secondary N) is 1. The highest BCUT2D eigenvalue weighted by Crippen LogP contribution is 2.49. The number of amides is 1. The Morgan fingerprint density at radius 2 is 1.61 bits per heavy atom. The van der Waals surface area contributed by atoms with Crippen LogP contribution in [0.1, 0.15) is 121 Å². The van der Waals surface area contributed by atoms with Gasteiger partial charge < -0.3 is 20.1 Å². The van der Waals surface area contributed by atoms with E-state index >= 15 is 0 Å². The van der Waals surface area contributed by atoms with Gasteiger partial charge in [-0.1, -0.05) is 97.9 Å². The molecule has 0 aliphatic carbocycles. The van der Waals surface area contributed by atoms with Gasteiger partial charge >= 0.3 is 5.97 Å². The van der Waals surface area contributed by atoms with Gasteiger partial charge in [0.2, 0.25) is 0 Å². The summed E-state index contributed by atoms with van der Waals surface area (Å²) >= 11 is 0. The third-order valence-electron chi connectivity index (χ3n) is 9.19. The lowest BCUT2D eigenvalue weighted by atomic mass is 9.72. The average Bonchev–Trinajstić information content (AvgIpc) is 3.56. The molecule has 0 saturated carbocycles. The van der Waals surface area contributed by atoms with Crippen LogP contribution in [0, 0.1) is 11.3 Å². The van der Waals surface area contributed by atoms with Crippen LogP contribution < -0.4 is 10.1 Å². The highest BCUT2D eigenvalue weighted by molar-refractivity contribution is 5.98. The predicted molar refractivity (Wildman–Crippen MR) is 183 cm³/mol. The van der Waals surface area contributed by atoms with Crippen LogP contribution in [0.25, 0.3) is 0 Å². The van der Waals surface area contributed by atoms with Crippen molar-refractivity contribution in [3.8, 4) is 5.75 Å². The van der Waals surface area contributed by atoms with E-state index in [2.05, 4.69) is 84.9 Å². The minimum absolute atomic E-state index is 0.00313. The zero-order valence-electron chi connectivity index (χ0n) is 29.8. The smallest absolute Gasteiger partial charge is 0.326 e. The number of carbonyl (C=O) groups excluding carboxylic acids is 1. The Morgan fingerprint density at radius 1 is 0.978 bits per heavy atom. The van der Waals surface area contributed by atoms with Gasteiger partial charge in [-0.15, -0.1) is 0 Å². The number of benzene rings is 2. The average molecular weight is 631 g/mol. The molecular formula is C38H54N4O4. The van der Waals surface area contributed by atoms with Crippen LogP contribution in [0.2, 0.25) is 0 Å². The van der Waals surface area contributed by atoms with E-state index in [0.717, 1.165) is 22.6 Å². The number of hydrogen-bond donors (Lipinski definition) is 2. The first kappa shape index (κ1) is 35.2. The number of hydrogen-bond acceptors (Lipinski definition) is 5. The summed E-state index contributed by atoms with van der Waals surface area (Å²) in [5.74, 6) is -0.986. The van der Waals surface area contributed by atoms with Crippen LogP contribution in [-0.4, -0.2) is 50.9 Å². The second-order valence-electron chi connectivity index (χ2n) is 16.1. The Kier molecular flexibility index (Phi) is 9.84. The fourth-order valence-electron chi connectivity index (χ4n) is 7.07. The SMILES string of the molecule is COc1ccc(C(C)(C)C)cc1CN[C@H]1[C@H](C(C)(C)C)[C@@H](C(=O)O)N(C(=O)c2cnn(C(C)(C)C)c2C(C)C)[C@H]1c1ccccc1.